The van der Waals surface area contributed by atoms with Crippen molar-refractivity contribution in [1.29, 1.82) is 0 Å². The fraction of sp³-hybridized carbons (Fsp3) is 0.556. The van der Waals surface area contributed by atoms with Crippen molar-refractivity contribution in [2.24, 2.45) is 0 Å². The van der Waals surface area contributed by atoms with Gasteiger partial charge in [-0.1, -0.05) is 24.3 Å². The van der Waals surface area contributed by atoms with E-state index in [9.17, 15) is 18.0 Å². The number of hydrogen-bond acceptors (Lipinski definition) is 4. The summed E-state index contributed by atoms with van der Waals surface area (Å²) in [6, 6.07) is 6.78. The SMILES string of the molecule is CS(=O)(=O)N1Cc2ccccc2C[C@@H]1C(=O)NCCC(=O)N1CCCC1. The van der Waals surface area contributed by atoms with Crippen LogP contribution >= 0.6 is 0 Å². The fourth-order valence-electron chi connectivity index (χ4n) is 3.61. The molecular weight excluding hydrogens is 354 g/mol. The maximum Gasteiger partial charge on any atom is 0.238 e. The smallest absolute Gasteiger partial charge is 0.238 e. The molecule has 2 heterocycles. The van der Waals surface area contributed by atoms with E-state index < -0.39 is 16.1 Å². The van der Waals surface area contributed by atoms with Crippen molar-refractivity contribution in [3.05, 3.63) is 35.4 Å². The van der Waals surface area contributed by atoms with Gasteiger partial charge in [0.1, 0.15) is 6.04 Å². The Kier molecular flexibility index (Phi) is 5.62. The van der Waals surface area contributed by atoms with Crippen LogP contribution in [0.3, 0.4) is 0 Å². The van der Waals surface area contributed by atoms with E-state index in [0.29, 0.717) is 6.42 Å². The minimum atomic E-state index is -3.52. The monoisotopic (exact) mass is 379 g/mol. The highest BCUT2D eigenvalue weighted by Crippen LogP contribution is 2.25. The predicted molar refractivity (Wildman–Crippen MR) is 97.8 cm³/mol. The van der Waals surface area contributed by atoms with E-state index in [4.69, 9.17) is 0 Å². The molecule has 0 aromatic heterocycles. The second-order valence-corrected chi connectivity index (χ2v) is 8.86. The lowest BCUT2D eigenvalue weighted by Crippen LogP contribution is -2.52. The third kappa shape index (κ3) is 4.24. The van der Waals surface area contributed by atoms with Crippen molar-refractivity contribution < 1.29 is 18.0 Å². The molecule has 0 unspecified atom stereocenters. The van der Waals surface area contributed by atoms with Crippen molar-refractivity contribution >= 4 is 21.8 Å². The van der Waals surface area contributed by atoms with Crippen LogP contribution in [-0.4, -0.2) is 61.4 Å². The number of sulfonamides is 1. The first-order chi connectivity index (χ1) is 12.4. The summed E-state index contributed by atoms with van der Waals surface area (Å²) >= 11 is 0. The van der Waals surface area contributed by atoms with Gasteiger partial charge < -0.3 is 10.2 Å². The summed E-state index contributed by atoms with van der Waals surface area (Å²) in [7, 11) is -3.52. The summed E-state index contributed by atoms with van der Waals surface area (Å²) in [5.41, 5.74) is 1.91. The number of hydrogen-bond donors (Lipinski definition) is 1. The molecule has 0 radical (unpaired) electrons. The van der Waals surface area contributed by atoms with Crippen LogP contribution in [0, 0.1) is 0 Å². The van der Waals surface area contributed by atoms with Gasteiger partial charge >= 0.3 is 0 Å². The Bertz CT molecular complexity index is 787. The first-order valence-corrected chi connectivity index (χ1v) is 10.8. The number of nitrogens with zero attached hydrogens (tertiary/aromatic N) is 2. The van der Waals surface area contributed by atoms with Gasteiger partial charge in [-0.15, -0.1) is 0 Å². The van der Waals surface area contributed by atoms with Crippen molar-refractivity contribution in [2.45, 2.75) is 38.3 Å². The van der Waals surface area contributed by atoms with E-state index in [-0.39, 0.29) is 31.3 Å². The third-order valence-electron chi connectivity index (χ3n) is 5.03. The van der Waals surface area contributed by atoms with Crippen LogP contribution < -0.4 is 5.32 Å². The summed E-state index contributed by atoms with van der Waals surface area (Å²) in [5, 5.41) is 2.75. The molecule has 2 aliphatic heterocycles. The number of likely N-dealkylation sites (tertiary alicyclic amines) is 1. The highest BCUT2D eigenvalue weighted by molar-refractivity contribution is 7.88. The molecule has 7 nitrogen and oxygen atoms in total. The van der Waals surface area contributed by atoms with Crippen LogP contribution in [0.5, 0.6) is 0 Å². The van der Waals surface area contributed by atoms with E-state index in [1.807, 2.05) is 29.2 Å². The average Bonchev–Trinajstić information content (AvgIpc) is 3.14. The van der Waals surface area contributed by atoms with Crippen molar-refractivity contribution in [2.75, 3.05) is 25.9 Å². The number of benzene rings is 1. The molecule has 1 N–H and O–H groups in total. The molecule has 0 aliphatic carbocycles. The minimum Gasteiger partial charge on any atom is -0.354 e. The van der Waals surface area contributed by atoms with Crippen LogP contribution in [0.15, 0.2) is 24.3 Å². The molecule has 142 valence electrons. The van der Waals surface area contributed by atoms with Gasteiger partial charge in [-0.3, -0.25) is 9.59 Å². The van der Waals surface area contributed by atoms with E-state index in [0.717, 1.165) is 43.3 Å². The van der Waals surface area contributed by atoms with Crippen LogP contribution in [0.25, 0.3) is 0 Å². The Hall–Kier alpha value is -1.93. The van der Waals surface area contributed by atoms with Crippen LogP contribution in [0.1, 0.15) is 30.4 Å². The second kappa shape index (κ2) is 7.75. The Labute approximate surface area is 154 Å². The summed E-state index contributed by atoms with van der Waals surface area (Å²) in [4.78, 5) is 26.5. The van der Waals surface area contributed by atoms with Crippen LogP contribution in [0.2, 0.25) is 0 Å². The molecule has 0 saturated carbocycles. The zero-order chi connectivity index (χ0) is 18.7. The van der Waals surface area contributed by atoms with Gasteiger partial charge in [-0.05, 0) is 30.4 Å². The van der Waals surface area contributed by atoms with Crippen molar-refractivity contribution in [1.82, 2.24) is 14.5 Å². The van der Waals surface area contributed by atoms with Crippen LogP contribution in [0.4, 0.5) is 0 Å². The summed E-state index contributed by atoms with van der Waals surface area (Å²) < 4.78 is 25.5. The maximum absolute atomic E-state index is 12.6. The highest BCUT2D eigenvalue weighted by Gasteiger charge is 2.36. The van der Waals surface area contributed by atoms with E-state index in [1.165, 1.54) is 4.31 Å². The molecule has 26 heavy (non-hydrogen) atoms. The lowest BCUT2D eigenvalue weighted by molar-refractivity contribution is -0.130. The van der Waals surface area contributed by atoms with E-state index in [1.54, 1.807) is 0 Å². The van der Waals surface area contributed by atoms with Crippen molar-refractivity contribution in [3.8, 4) is 0 Å². The molecule has 0 spiro atoms. The molecule has 2 amide bonds. The summed E-state index contributed by atoms with van der Waals surface area (Å²) in [5.74, 6) is -0.309. The molecule has 2 aliphatic rings. The van der Waals surface area contributed by atoms with Gasteiger partial charge in [0.05, 0.1) is 6.26 Å². The quantitative estimate of drug-likeness (QED) is 0.807. The number of amides is 2. The Balaban J connectivity index is 1.63. The molecule has 1 aromatic rings. The van der Waals surface area contributed by atoms with E-state index >= 15 is 0 Å². The first kappa shape index (κ1) is 18.8. The zero-order valence-corrected chi connectivity index (χ0v) is 15.8. The lowest BCUT2D eigenvalue weighted by atomic mass is 9.95. The summed E-state index contributed by atoms with van der Waals surface area (Å²) in [6.45, 7) is 1.99. The third-order valence-corrected chi connectivity index (χ3v) is 6.27. The van der Waals surface area contributed by atoms with Gasteiger partial charge in [0.25, 0.3) is 0 Å². The first-order valence-electron chi connectivity index (χ1n) is 8.95. The maximum atomic E-state index is 12.6. The minimum absolute atomic E-state index is 0.0387. The normalized spacial score (nSPS) is 20.7. The van der Waals surface area contributed by atoms with Gasteiger partial charge in [-0.2, -0.15) is 4.31 Å². The Morgan fingerprint density at radius 2 is 1.81 bits per heavy atom. The number of rotatable bonds is 5. The molecule has 8 heteroatoms. The number of nitrogens with one attached hydrogen (secondary N) is 1. The molecule has 1 aromatic carbocycles. The second-order valence-electron chi connectivity index (χ2n) is 6.93. The largest absolute Gasteiger partial charge is 0.354 e. The van der Waals surface area contributed by atoms with Gasteiger partial charge in [-0.25, -0.2) is 8.42 Å². The molecule has 3 rings (SSSR count). The molecule has 1 atom stereocenters. The molecular formula is C18H25N3O4S. The van der Waals surface area contributed by atoms with Crippen molar-refractivity contribution in [3.63, 3.8) is 0 Å². The highest BCUT2D eigenvalue weighted by atomic mass is 32.2. The fourth-order valence-corrected chi connectivity index (χ4v) is 4.61. The number of carbonyl (C=O) groups is 2. The van der Waals surface area contributed by atoms with Crippen LogP contribution in [-0.2, 0) is 32.6 Å². The number of fused-ring (bicyclic) bond motifs is 1. The average molecular weight is 379 g/mol. The molecule has 1 fully saturated rings. The summed E-state index contributed by atoms with van der Waals surface area (Å²) in [6.07, 6.45) is 3.77. The molecule has 1 saturated heterocycles. The lowest BCUT2D eigenvalue weighted by Gasteiger charge is -2.34. The topological polar surface area (TPSA) is 86.8 Å². The Morgan fingerprint density at radius 3 is 2.46 bits per heavy atom. The number of carbonyl (C=O) groups excluding carboxylic acids is 2. The molecule has 0 bridgehead atoms. The zero-order valence-electron chi connectivity index (χ0n) is 15.0. The Morgan fingerprint density at radius 1 is 1.15 bits per heavy atom. The predicted octanol–water partition coefficient (Wildman–Crippen LogP) is 0.502. The standard InChI is InChI=1S/C18H25N3O4S/c1-26(24,25)21-13-15-7-3-2-6-14(15)12-16(21)18(23)19-9-8-17(22)20-10-4-5-11-20/h2-3,6-7,16H,4-5,8-13H2,1H3,(H,19,23)/t16-/m1/s1. The van der Waals surface area contributed by atoms with Gasteiger partial charge in [0.15, 0.2) is 0 Å². The van der Waals surface area contributed by atoms with Gasteiger partial charge in [0.2, 0.25) is 21.8 Å². The van der Waals surface area contributed by atoms with E-state index in [2.05, 4.69) is 5.32 Å². The van der Waals surface area contributed by atoms with Gasteiger partial charge in [0, 0.05) is 32.6 Å².